The molecule has 3 aromatic carbocycles. The Morgan fingerprint density at radius 1 is 0.733 bits per heavy atom. The smallest absolute Gasteiger partial charge is 0.257 e. The number of para-hydroxylation sites is 1. The summed E-state index contributed by atoms with van der Waals surface area (Å²) in [7, 11) is 0. The first kappa shape index (κ1) is 21.3. The molecule has 0 saturated carbocycles. The third kappa shape index (κ3) is 4.95. The Labute approximate surface area is 178 Å². The molecular formula is C26H28N2O2. The fourth-order valence-corrected chi connectivity index (χ4v) is 3.12. The first-order valence-electron chi connectivity index (χ1n) is 10.0. The van der Waals surface area contributed by atoms with Crippen LogP contribution in [-0.2, 0) is 5.41 Å². The maximum atomic E-state index is 12.8. The molecule has 0 aromatic heterocycles. The van der Waals surface area contributed by atoms with Gasteiger partial charge in [-0.2, -0.15) is 0 Å². The van der Waals surface area contributed by atoms with Crippen molar-refractivity contribution >= 4 is 23.2 Å². The van der Waals surface area contributed by atoms with Crippen LogP contribution in [0.3, 0.4) is 0 Å². The molecule has 0 saturated heterocycles. The van der Waals surface area contributed by atoms with Gasteiger partial charge in [0.15, 0.2) is 0 Å². The molecule has 2 amide bonds. The van der Waals surface area contributed by atoms with Gasteiger partial charge in [0.05, 0.1) is 11.3 Å². The molecule has 2 N–H and O–H groups in total. The van der Waals surface area contributed by atoms with Gasteiger partial charge in [-0.05, 0) is 72.4 Å². The monoisotopic (exact) mass is 400 g/mol. The first-order chi connectivity index (χ1) is 14.1. The van der Waals surface area contributed by atoms with Gasteiger partial charge in [-0.15, -0.1) is 0 Å². The van der Waals surface area contributed by atoms with E-state index in [0.29, 0.717) is 16.8 Å². The van der Waals surface area contributed by atoms with Gasteiger partial charge in [-0.1, -0.05) is 51.1 Å². The van der Waals surface area contributed by atoms with Crippen LogP contribution < -0.4 is 10.6 Å². The second-order valence-corrected chi connectivity index (χ2v) is 8.58. The largest absolute Gasteiger partial charge is 0.322 e. The highest BCUT2D eigenvalue weighted by molar-refractivity contribution is 6.12. The molecule has 3 rings (SSSR count). The quantitative estimate of drug-likeness (QED) is 0.555. The molecule has 154 valence electrons. The lowest BCUT2D eigenvalue weighted by atomic mass is 9.86. The van der Waals surface area contributed by atoms with Crippen LogP contribution in [0.15, 0.2) is 66.7 Å². The number of amides is 2. The van der Waals surface area contributed by atoms with Gasteiger partial charge in [0.25, 0.3) is 11.8 Å². The van der Waals surface area contributed by atoms with Crippen LogP contribution in [-0.4, -0.2) is 11.8 Å². The summed E-state index contributed by atoms with van der Waals surface area (Å²) in [6, 6.07) is 20.4. The Hall–Kier alpha value is -3.40. The minimum atomic E-state index is -0.266. The Morgan fingerprint density at radius 3 is 2.03 bits per heavy atom. The minimum Gasteiger partial charge on any atom is -0.322 e. The molecule has 0 bridgehead atoms. The van der Waals surface area contributed by atoms with Crippen LogP contribution in [0.5, 0.6) is 0 Å². The summed E-state index contributed by atoms with van der Waals surface area (Å²) in [5.41, 5.74) is 5.61. The van der Waals surface area contributed by atoms with E-state index in [-0.39, 0.29) is 17.2 Å². The molecule has 0 aliphatic heterocycles. The summed E-state index contributed by atoms with van der Waals surface area (Å²) in [4.78, 5) is 25.6. The van der Waals surface area contributed by atoms with Crippen LogP contribution >= 0.6 is 0 Å². The van der Waals surface area contributed by atoms with Crippen molar-refractivity contribution in [2.24, 2.45) is 0 Å². The van der Waals surface area contributed by atoms with Crippen molar-refractivity contribution in [2.45, 2.75) is 40.0 Å². The van der Waals surface area contributed by atoms with Crippen LogP contribution in [0, 0.1) is 13.8 Å². The lowest BCUT2D eigenvalue weighted by molar-refractivity contribution is 0.102. The number of rotatable bonds is 4. The van der Waals surface area contributed by atoms with Gasteiger partial charge < -0.3 is 10.6 Å². The molecule has 0 atom stereocenters. The Morgan fingerprint density at radius 2 is 1.40 bits per heavy atom. The van der Waals surface area contributed by atoms with Gasteiger partial charge in [-0.3, -0.25) is 9.59 Å². The SMILES string of the molecule is Cc1ccc(NC(=O)c2ccccc2NC(=O)c2ccc(C(C)(C)C)cc2)cc1C. The fourth-order valence-electron chi connectivity index (χ4n) is 3.12. The number of nitrogens with one attached hydrogen (secondary N) is 2. The van der Waals surface area contributed by atoms with E-state index >= 15 is 0 Å². The van der Waals surface area contributed by atoms with E-state index in [2.05, 4.69) is 31.4 Å². The van der Waals surface area contributed by atoms with E-state index in [1.54, 1.807) is 24.3 Å². The van der Waals surface area contributed by atoms with Gasteiger partial charge in [0, 0.05) is 11.3 Å². The van der Waals surface area contributed by atoms with Crippen LogP contribution in [0.25, 0.3) is 0 Å². The van der Waals surface area contributed by atoms with Crippen molar-refractivity contribution in [1.29, 1.82) is 0 Å². The summed E-state index contributed by atoms with van der Waals surface area (Å²) >= 11 is 0. The second-order valence-electron chi connectivity index (χ2n) is 8.58. The van der Waals surface area contributed by atoms with Gasteiger partial charge in [-0.25, -0.2) is 0 Å². The summed E-state index contributed by atoms with van der Waals surface area (Å²) in [6.07, 6.45) is 0. The van der Waals surface area contributed by atoms with Crippen LogP contribution in [0.4, 0.5) is 11.4 Å². The Balaban J connectivity index is 1.78. The maximum Gasteiger partial charge on any atom is 0.257 e. The lowest BCUT2D eigenvalue weighted by Gasteiger charge is -2.19. The summed E-state index contributed by atoms with van der Waals surface area (Å²) in [6.45, 7) is 10.4. The third-order valence-corrected chi connectivity index (χ3v) is 5.20. The molecule has 0 unspecified atom stereocenters. The van der Waals surface area contributed by atoms with E-state index < -0.39 is 0 Å². The van der Waals surface area contributed by atoms with Gasteiger partial charge >= 0.3 is 0 Å². The number of anilines is 2. The van der Waals surface area contributed by atoms with Gasteiger partial charge in [0.2, 0.25) is 0 Å². The highest BCUT2D eigenvalue weighted by Gasteiger charge is 2.17. The number of benzene rings is 3. The molecule has 0 radical (unpaired) electrons. The number of carbonyl (C=O) groups is 2. The summed E-state index contributed by atoms with van der Waals surface area (Å²) < 4.78 is 0. The van der Waals surface area contributed by atoms with Crippen molar-refractivity contribution < 1.29 is 9.59 Å². The predicted octanol–water partition coefficient (Wildman–Crippen LogP) is 6.11. The molecule has 3 aromatic rings. The first-order valence-corrected chi connectivity index (χ1v) is 10.0. The number of hydrogen-bond acceptors (Lipinski definition) is 2. The summed E-state index contributed by atoms with van der Waals surface area (Å²) in [5.74, 6) is -0.515. The Kier molecular flexibility index (Phi) is 6.06. The Bertz CT molecular complexity index is 1080. The fraction of sp³-hybridized carbons (Fsp3) is 0.231. The van der Waals surface area contributed by atoms with Gasteiger partial charge in [0.1, 0.15) is 0 Å². The van der Waals surface area contributed by atoms with Crippen molar-refractivity contribution in [3.8, 4) is 0 Å². The average molecular weight is 401 g/mol. The summed E-state index contributed by atoms with van der Waals surface area (Å²) in [5, 5.41) is 5.79. The zero-order chi connectivity index (χ0) is 21.9. The average Bonchev–Trinajstić information content (AvgIpc) is 2.70. The molecule has 0 aliphatic carbocycles. The van der Waals surface area contributed by atoms with E-state index in [1.807, 2.05) is 56.3 Å². The van der Waals surface area contributed by atoms with Crippen molar-refractivity contribution in [2.75, 3.05) is 10.6 Å². The molecule has 30 heavy (non-hydrogen) atoms. The van der Waals surface area contributed by atoms with Crippen molar-refractivity contribution in [1.82, 2.24) is 0 Å². The van der Waals surface area contributed by atoms with Crippen molar-refractivity contribution in [3.05, 3.63) is 94.5 Å². The number of hydrogen-bond donors (Lipinski definition) is 2. The zero-order valence-electron chi connectivity index (χ0n) is 18.2. The zero-order valence-corrected chi connectivity index (χ0v) is 18.2. The molecule has 0 aliphatic rings. The predicted molar refractivity (Wildman–Crippen MR) is 123 cm³/mol. The van der Waals surface area contributed by atoms with E-state index in [1.165, 1.54) is 0 Å². The highest BCUT2D eigenvalue weighted by atomic mass is 16.2. The minimum absolute atomic E-state index is 0.0219. The molecular weight excluding hydrogens is 372 g/mol. The standard InChI is InChI=1S/C26H28N2O2/c1-17-10-15-21(16-18(17)2)27-25(30)22-8-6-7-9-23(22)28-24(29)19-11-13-20(14-12-19)26(3,4)5/h6-16H,1-5H3,(H,27,30)(H,28,29). The van der Waals surface area contributed by atoms with Crippen LogP contribution in [0.2, 0.25) is 0 Å². The molecule has 0 heterocycles. The number of carbonyl (C=O) groups excluding carboxylic acids is 2. The van der Waals surface area contributed by atoms with Crippen LogP contribution in [0.1, 0.15) is 58.2 Å². The van der Waals surface area contributed by atoms with E-state index in [9.17, 15) is 9.59 Å². The second kappa shape index (κ2) is 8.54. The lowest BCUT2D eigenvalue weighted by Crippen LogP contribution is -2.18. The maximum absolute atomic E-state index is 12.8. The highest BCUT2D eigenvalue weighted by Crippen LogP contribution is 2.23. The molecule has 0 fully saturated rings. The normalized spacial score (nSPS) is 11.1. The topological polar surface area (TPSA) is 58.2 Å². The number of aryl methyl sites for hydroxylation is 2. The van der Waals surface area contributed by atoms with E-state index in [0.717, 1.165) is 22.4 Å². The van der Waals surface area contributed by atoms with E-state index in [4.69, 9.17) is 0 Å². The molecule has 4 nitrogen and oxygen atoms in total. The third-order valence-electron chi connectivity index (χ3n) is 5.20. The molecule has 0 spiro atoms. The molecule has 4 heteroatoms. The van der Waals surface area contributed by atoms with Crippen molar-refractivity contribution in [3.63, 3.8) is 0 Å².